The molecule has 0 bridgehead atoms. The van der Waals surface area contributed by atoms with Crippen molar-refractivity contribution in [2.45, 2.75) is 19.9 Å². The number of carbonyl (C=O) groups is 1. The molecule has 0 amide bonds. The Labute approximate surface area is 148 Å². The van der Waals surface area contributed by atoms with Gasteiger partial charge in [0.25, 0.3) is 0 Å². The van der Waals surface area contributed by atoms with Crippen LogP contribution in [0.15, 0.2) is 42.5 Å². The highest BCUT2D eigenvalue weighted by molar-refractivity contribution is 5.94. The maximum Gasteiger partial charge on any atom is 0.0736 e. The van der Waals surface area contributed by atoms with Crippen molar-refractivity contribution in [3.63, 3.8) is 0 Å². The molecule has 0 spiro atoms. The minimum Gasteiger partial charge on any atom is -0.545 e. The molecule has 1 aliphatic rings. The van der Waals surface area contributed by atoms with Crippen molar-refractivity contribution in [3.8, 4) is 0 Å². The average molecular weight is 339 g/mol. The quantitative estimate of drug-likeness (QED) is 0.873. The highest BCUT2D eigenvalue weighted by Gasteiger charge is 2.15. The fraction of sp³-hybridized carbons (Fsp3) is 0.350. The summed E-state index contributed by atoms with van der Waals surface area (Å²) < 4.78 is 5.33. The zero-order valence-electron chi connectivity index (χ0n) is 14.5. The van der Waals surface area contributed by atoms with E-state index in [1.807, 2.05) is 17.0 Å². The third-order valence-corrected chi connectivity index (χ3v) is 4.50. The zero-order valence-corrected chi connectivity index (χ0v) is 14.5. The van der Waals surface area contributed by atoms with Gasteiger partial charge in [-0.1, -0.05) is 31.2 Å². The maximum absolute atomic E-state index is 11.6. The molecule has 0 aromatic heterocycles. The second-order valence-electron chi connectivity index (χ2n) is 6.14. The fourth-order valence-electron chi connectivity index (χ4n) is 2.99. The summed E-state index contributed by atoms with van der Waals surface area (Å²) in [7, 11) is 0. The first kappa shape index (κ1) is 17.3. The second-order valence-corrected chi connectivity index (χ2v) is 6.14. The van der Waals surface area contributed by atoms with E-state index in [2.05, 4.69) is 36.5 Å². The first-order valence-electron chi connectivity index (χ1n) is 8.67. The molecular weight excluding hydrogens is 316 g/mol. The molecule has 132 valence electrons. The number of anilines is 2. The molecule has 1 saturated heterocycles. The van der Waals surface area contributed by atoms with Crippen molar-refractivity contribution >= 4 is 17.3 Å². The van der Waals surface area contributed by atoms with Crippen molar-refractivity contribution in [3.05, 3.63) is 59.2 Å². The van der Waals surface area contributed by atoms with E-state index in [1.54, 1.807) is 6.07 Å². The molecule has 2 aromatic rings. The van der Waals surface area contributed by atoms with Crippen LogP contribution in [0.1, 0.15) is 28.4 Å². The molecule has 0 saturated carbocycles. The van der Waals surface area contributed by atoms with Gasteiger partial charge < -0.3 is 24.9 Å². The Balaban J connectivity index is 1.73. The first-order chi connectivity index (χ1) is 12.2. The second kappa shape index (κ2) is 8.03. The number of nitrogens with zero attached hydrogens (tertiary/aromatic N) is 1. The lowest BCUT2D eigenvalue weighted by Crippen LogP contribution is -2.38. The van der Waals surface area contributed by atoms with Gasteiger partial charge in [-0.05, 0) is 35.7 Å². The van der Waals surface area contributed by atoms with Crippen molar-refractivity contribution < 1.29 is 14.6 Å². The van der Waals surface area contributed by atoms with E-state index in [4.69, 9.17) is 4.74 Å². The Bertz CT molecular complexity index is 722. The van der Waals surface area contributed by atoms with Crippen molar-refractivity contribution in [2.75, 3.05) is 36.5 Å². The van der Waals surface area contributed by atoms with Crippen LogP contribution in [0.3, 0.4) is 0 Å². The number of carboxylic acids is 1. The van der Waals surface area contributed by atoms with Crippen LogP contribution in [0, 0.1) is 0 Å². The average Bonchev–Trinajstić information content (AvgIpc) is 2.67. The molecule has 0 radical (unpaired) electrons. The van der Waals surface area contributed by atoms with Crippen LogP contribution in [0.5, 0.6) is 0 Å². The van der Waals surface area contributed by atoms with E-state index in [0.717, 1.165) is 17.7 Å². The standard InChI is InChI=1S/C20H24N2O3/c1-2-15-3-5-16(6-4-15)14-21-17-7-8-19(18(13-17)20(23)24)22-9-11-25-12-10-22/h3-8,13,21H,2,9-12,14H2,1H3,(H,23,24)/p-1. The summed E-state index contributed by atoms with van der Waals surface area (Å²) in [6.45, 7) is 5.38. The third-order valence-electron chi connectivity index (χ3n) is 4.50. The summed E-state index contributed by atoms with van der Waals surface area (Å²) in [5, 5.41) is 14.9. The molecule has 1 heterocycles. The molecule has 0 unspecified atom stereocenters. The molecule has 1 aliphatic heterocycles. The van der Waals surface area contributed by atoms with Gasteiger partial charge in [-0.2, -0.15) is 0 Å². The van der Waals surface area contributed by atoms with Crippen molar-refractivity contribution in [2.24, 2.45) is 0 Å². The highest BCUT2D eigenvalue weighted by atomic mass is 16.5. The summed E-state index contributed by atoms with van der Waals surface area (Å²) in [4.78, 5) is 13.6. The lowest BCUT2D eigenvalue weighted by atomic mass is 10.1. The summed E-state index contributed by atoms with van der Waals surface area (Å²) in [6, 6.07) is 13.8. The lowest BCUT2D eigenvalue weighted by molar-refractivity contribution is -0.254. The van der Waals surface area contributed by atoms with Gasteiger partial charge in [0, 0.05) is 36.6 Å². The fourth-order valence-corrected chi connectivity index (χ4v) is 2.99. The van der Waals surface area contributed by atoms with E-state index in [9.17, 15) is 9.90 Å². The molecule has 0 aliphatic carbocycles. The largest absolute Gasteiger partial charge is 0.545 e. The number of hydrogen-bond donors (Lipinski definition) is 1. The third kappa shape index (κ3) is 4.31. The predicted octanol–water partition coefficient (Wildman–Crippen LogP) is 2.06. The Morgan fingerprint density at radius 3 is 2.44 bits per heavy atom. The highest BCUT2D eigenvalue weighted by Crippen LogP contribution is 2.25. The van der Waals surface area contributed by atoms with Crippen LogP contribution >= 0.6 is 0 Å². The Kier molecular flexibility index (Phi) is 5.56. The van der Waals surface area contributed by atoms with Gasteiger partial charge in [0.05, 0.1) is 19.2 Å². The molecule has 5 nitrogen and oxygen atoms in total. The minimum atomic E-state index is -1.16. The van der Waals surface area contributed by atoms with E-state index < -0.39 is 5.97 Å². The molecular formula is C20H23N2O3-. The van der Waals surface area contributed by atoms with Gasteiger partial charge in [0.15, 0.2) is 0 Å². The summed E-state index contributed by atoms with van der Waals surface area (Å²) in [5.74, 6) is -1.16. The molecule has 0 atom stereocenters. The van der Waals surface area contributed by atoms with Gasteiger partial charge in [-0.25, -0.2) is 0 Å². The van der Waals surface area contributed by atoms with E-state index >= 15 is 0 Å². The maximum atomic E-state index is 11.6. The van der Waals surface area contributed by atoms with Gasteiger partial charge in [-0.3, -0.25) is 0 Å². The number of ether oxygens (including phenoxy) is 1. The first-order valence-corrected chi connectivity index (χ1v) is 8.67. The van der Waals surface area contributed by atoms with Crippen LogP contribution in [-0.2, 0) is 17.7 Å². The number of benzene rings is 2. The van der Waals surface area contributed by atoms with Crippen LogP contribution in [0.25, 0.3) is 0 Å². The summed E-state index contributed by atoms with van der Waals surface area (Å²) >= 11 is 0. The monoisotopic (exact) mass is 339 g/mol. The summed E-state index contributed by atoms with van der Waals surface area (Å²) in [5.41, 5.74) is 4.15. The number of aromatic carboxylic acids is 1. The molecule has 1 N–H and O–H groups in total. The van der Waals surface area contributed by atoms with Crippen LogP contribution in [0.4, 0.5) is 11.4 Å². The van der Waals surface area contributed by atoms with E-state index in [1.165, 1.54) is 5.56 Å². The van der Waals surface area contributed by atoms with Crippen molar-refractivity contribution in [1.82, 2.24) is 0 Å². The van der Waals surface area contributed by atoms with Gasteiger partial charge >= 0.3 is 0 Å². The number of carboxylic acid groups (broad SMARTS) is 1. The van der Waals surface area contributed by atoms with Crippen LogP contribution < -0.4 is 15.3 Å². The lowest BCUT2D eigenvalue weighted by Gasteiger charge is -2.31. The van der Waals surface area contributed by atoms with E-state index in [0.29, 0.717) is 38.5 Å². The minimum absolute atomic E-state index is 0.216. The van der Waals surface area contributed by atoms with Gasteiger partial charge in [-0.15, -0.1) is 0 Å². The number of hydrogen-bond acceptors (Lipinski definition) is 5. The van der Waals surface area contributed by atoms with Gasteiger partial charge in [0.1, 0.15) is 0 Å². The van der Waals surface area contributed by atoms with E-state index in [-0.39, 0.29) is 5.56 Å². The predicted molar refractivity (Wildman–Crippen MR) is 97.0 cm³/mol. The normalized spacial score (nSPS) is 14.4. The molecule has 25 heavy (non-hydrogen) atoms. The zero-order chi connectivity index (χ0) is 17.6. The Morgan fingerprint density at radius 1 is 1.12 bits per heavy atom. The van der Waals surface area contributed by atoms with Crippen LogP contribution in [-0.4, -0.2) is 32.3 Å². The number of carbonyl (C=O) groups excluding carboxylic acids is 1. The number of nitrogens with one attached hydrogen (secondary N) is 1. The Hall–Kier alpha value is -2.53. The number of aryl methyl sites for hydroxylation is 1. The number of morpholine rings is 1. The number of rotatable bonds is 6. The van der Waals surface area contributed by atoms with Crippen LogP contribution in [0.2, 0.25) is 0 Å². The SMILES string of the molecule is CCc1ccc(CNc2ccc(N3CCOCC3)c(C(=O)[O-])c2)cc1. The molecule has 5 heteroatoms. The Morgan fingerprint density at radius 2 is 1.80 bits per heavy atom. The molecule has 1 fully saturated rings. The topological polar surface area (TPSA) is 64.6 Å². The molecule has 3 rings (SSSR count). The molecule has 2 aromatic carbocycles. The summed E-state index contributed by atoms with van der Waals surface area (Å²) in [6.07, 6.45) is 1.02. The van der Waals surface area contributed by atoms with Gasteiger partial charge in [0.2, 0.25) is 0 Å². The smallest absolute Gasteiger partial charge is 0.0736 e. The van der Waals surface area contributed by atoms with Crippen molar-refractivity contribution in [1.29, 1.82) is 0 Å².